The Balaban J connectivity index is 1.79. The highest BCUT2D eigenvalue weighted by molar-refractivity contribution is 6.30. The van der Waals surface area contributed by atoms with E-state index in [1.54, 1.807) is 11.6 Å². The van der Waals surface area contributed by atoms with Gasteiger partial charge in [0.1, 0.15) is 11.2 Å². The minimum Gasteiger partial charge on any atom is -0.319 e. The van der Waals surface area contributed by atoms with Gasteiger partial charge in [-0.05, 0) is 59.9 Å². The number of H-pyrrole nitrogens is 1. The van der Waals surface area contributed by atoms with Crippen molar-refractivity contribution in [1.82, 2.24) is 14.5 Å². The molecule has 126 valence electrons. The maximum absolute atomic E-state index is 11.7. The van der Waals surface area contributed by atoms with Crippen LogP contribution in [0.1, 0.15) is 42.5 Å². The molecule has 25 heavy (non-hydrogen) atoms. The van der Waals surface area contributed by atoms with Gasteiger partial charge in [-0.2, -0.15) is 0 Å². The average molecular weight is 331 g/mol. The maximum Gasteiger partial charge on any atom is 0.249 e. The second kappa shape index (κ2) is 6.21. The lowest BCUT2D eigenvalue weighted by atomic mass is 9.81. The highest BCUT2D eigenvalue weighted by Gasteiger charge is 2.19. The summed E-state index contributed by atoms with van der Waals surface area (Å²) < 4.78 is 1.89. The molecule has 3 aromatic rings. The Kier molecular flexibility index (Phi) is 4.02. The number of aryl methyl sites for hydroxylation is 1. The number of hydrogen-bond acceptors (Lipinski definition) is 2. The number of benzene rings is 1. The smallest absolute Gasteiger partial charge is 0.249 e. The number of hydrogen-bond donors (Lipinski definition) is 1. The first-order valence-corrected chi connectivity index (χ1v) is 9.03. The van der Waals surface area contributed by atoms with Crippen LogP contribution in [0.25, 0.3) is 11.2 Å². The molecule has 0 bridgehead atoms. The number of aromatic nitrogens is 3. The number of nitrogens with one attached hydrogen (secondary N) is 1. The van der Waals surface area contributed by atoms with Crippen LogP contribution in [0, 0.1) is 5.92 Å². The summed E-state index contributed by atoms with van der Waals surface area (Å²) in [6.45, 7) is 5.17. The normalized spacial score (nSPS) is 17.0. The molecule has 2 aromatic heterocycles. The zero-order chi connectivity index (χ0) is 17.6. The van der Waals surface area contributed by atoms with Crippen LogP contribution in [-0.4, -0.2) is 22.4 Å². The summed E-state index contributed by atoms with van der Waals surface area (Å²) in [5.41, 5.74) is 7.39. The summed E-state index contributed by atoms with van der Waals surface area (Å²) in [7, 11) is 6.11. The lowest BCUT2D eigenvalue weighted by Crippen LogP contribution is -2.21. The van der Waals surface area contributed by atoms with E-state index in [0.717, 1.165) is 24.3 Å². The summed E-state index contributed by atoms with van der Waals surface area (Å²) in [5, 5.41) is 0. The van der Waals surface area contributed by atoms with Gasteiger partial charge in [-0.15, -0.1) is 0 Å². The van der Waals surface area contributed by atoms with Gasteiger partial charge in [-0.1, -0.05) is 26.0 Å². The Hall–Kier alpha value is -2.30. The molecule has 2 heterocycles. The van der Waals surface area contributed by atoms with Crippen molar-refractivity contribution in [2.24, 2.45) is 5.92 Å². The van der Waals surface area contributed by atoms with Crippen molar-refractivity contribution in [3.05, 3.63) is 56.9 Å². The van der Waals surface area contributed by atoms with Crippen LogP contribution in [0.15, 0.2) is 29.1 Å². The molecule has 5 heteroatoms. The topological polar surface area (TPSA) is 50.7 Å². The molecule has 1 atom stereocenters. The fourth-order valence-corrected chi connectivity index (χ4v) is 4.04. The largest absolute Gasteiger partial charge is 0.319 e. The van der Waals surface area contributed by atoms with Crippen LogP contribution in [0.3, 0.4) is 0 Å². The van der Waals surface area contributed by atoms with E-state index in [0.29, 0.717) is 17.9 Å². The minimum atomic E-state index is -0.137. The first-order valence-electron chi connectivity index (χ1n) is 9.03. The molecule has 1 aromatic carbocycles. The number of nitrogens with zero attached hydrogens (tertiary/aromatic N) is 2. The van der Waals surface area contributed by atoms with Gasteiger partial charge in [-0.3, -0.25) is 4.79 Å². The molecule has 2 radical (unpaired) electrons. The lowest BCUT2D eigenvalue weighted by molar-refractivity contribution is 0.498. The molecule has 1 aliphatic rings. The van der Waals surface area contributed by atoms with Crippen molar-refractivity contribution >= 4 is 24.7 Å². The molecule has 0 spiro atoms. The van der Waals surface area contributed by atoms with Crippen LogP contribution in [0.2, 0.25) is 0 Å². The molecule has 0 saturated heterocycles. The molecule has 0 amide bonds. The zero-order valence-corrected chi connectivity index (χ0v) is 14.8. The van der Waals surface area contributed by atoms with E-state index in [4.69, 9.17) is 7.85 Å². The van der Waals surface area contributed by atoms with Crippen molar-refractivity contribution in [3.63, 3.8) is 0 Å². The summed E-state index contributed by atoms with van der Waals surface area (Å²) in [6.07, 6.45) is 4.65. The van der Waals surface area contributed by atoms with Gasteiger partial charge in [-0.25, -0.2) is 4.98 Å². The van der Waals surface area contributed by atoms with E-state index in [2.05, 4.69) is 35.9 Å². The molecule has 4 rings (SSSR count). The summed E-state index contributed by atoms with van der Waals surface area (Å²) >= 11 is 0. The van der Waals surface area contributed by atoms with E-state index in [9.17, 15) is 4.79 Å². The molecule has 0 aliphatic heterocycles. The Morgan fingerprint density at radius 3 is 3.00 bits per heavy atom. The second-order valence-electron chi connectivity index (χ2n) is 7.21. The Morgan fingerprint density at radius 2 is 2.20 bits per heavy atom. The van der Waals surface area contributed by atoms with Crippen molar-refractivity contribution in [2.45, 2.75) is 46.1 Å². The summed E-state index contributed by atoms with van der Waals surface area (Å²) in [4.78, 5) is 18.9. The third kappa shape index (κ3) is 2.92. The summed E-state index contributed by atoms with van der Waals surface area (Å²) in [6, 6.07) is 7.80. The minimum absolute atomic E-state index is 0.137. The number of aromatic amines is 1. The predicted octanol–water partition coefficient (Wildman–Crippen LogP) is 2.25. The standard InChI is InChI=1S/C20H22BN3O/c1-3-14-9-13(10-15-8-12(2)4-5-16(14)15)11-24-19-17(22-20(24)21)6-7-18(25)23-19/h6-7,9-10,12H,3-5,8,11H2,1-2H3,(H,23,25). The summed E-state index contributed by atoms with van der Waals surface area (Å²) in [5.74, 6) is 0.739. The SMILES string of the molecule is [B]c1nc2ccc(=O)[nH]c2n1Cc1cc(CC)c2c(c1)CC(C)CC2. The molecule has 0 saturated carbocycles. The van der Waals surface area contributed by atoms with Crippen LogP contribution in [-0.2, 0) is 25.8 Å². The van der Waals surface area contributed by atoms with Crippen molar-refractivity contribution in [1.29, 1.82) is 0 Å². The monoisotopic (exact) mass is 331 g/mol. The van der Waals surface area contributed by atoms with E-state index in [-0.39, 0.29) is 5.56 Å². The molecule has 4 nitrogen and oxygen atoms in total. The predicted molar refractivity (Wildman–Crippen MR) is 102 cm³/mol. The van der Waals surface area contributed by atoms with E-state index in [1.165, 1.54) is 35.6 Å². The van der Waals surface area contributed by atoms with Crippen molar-refractivity contribution < 1.29 is 0 Å². The molecule has 0 fully saturated rings. The van der Waals surface area contributed by atoms with Gasteiger partial charge in [0.25, 0.3) is 0 Å². The van der Waals surface area contributed by atoms with Crippen molar-refractivity contribution in [2.75, 3.05) is 0 Å². The quantitative estimate of drug-likeness (QED) is 0.749. The first kappa shape index (κ1) is 16.2. The first-order chi connectivity index (χ1) is 12.0. The van der Waals surface area contributed by atoms with Crippen LogP contribution in [0.5, 0.6) is 0 Å². The Morgan fingerprint density at radius 1 is 1.36 bits per heavy atom. The Bertz CT molecular complexity index is 1000. The van der Waals surface area contributed by atoms with Crippen LogP contribution < -0.4 is 11.3 Å². The van der Waals surface area contributed by atoms with Crippen molar-refractivity contribution in [3.8, 4) is 0 Å². The lowest BCUT2D eigenvalue weighted by Gasteiger charge is -2.25. The zero-order valence-electron chi connectivity index (χ0n) is 14.8. The second-order valence-corrected chi connectivity index (χ2v) is 7.21. The van der Waals surface area contributed by atoms with Crippen LogP contribution >= 0.6 is 0 Å². The van der Waals surface area contributed by atoms with Gasteiger partial charge in [0.15, 0.2) is 7.85 Å². The molecular weight excluding hydrogens is 309 g/mol. The van der Waals surface area contributed by atoms with E-state index in [1.807, 2.05) is 4.57 Å². The van der Waals surface area contributed by atoms with Gasteiger partial charge in [0.2, 0.25) is 5.56 Å². The number of rotatable bonds is 3. The van der Waals surface area contributed by atoms with E-state index >= 15 is 0 Å². The fraction of sp³-hybridized carbons (Fsp3) is 0.400. The highest BCUT2D eigenvalue weighted by Crippen LogP contribution is 2.30. The maximum atomic E-state index is 11.7. The van der Waals surface area contributed by atoms with Crippen LogP contribution in [0.4, 0.5) is 0 Å². The van der Waals surface area contributed by atoms with Gasteiger partial charge < -0.3 is 9.55 Å². The third-order valence-electron chi connectivity index (χ3n) is 5.33. The number of fused-ring (bicyclic) bond motifs is 2. The highest BCUT2D eigenvalue weighted by atomic mass is 16.1. The molecule has 1 unspecified atom stereocenters. The van der Waals surface area contributed by atoms with E-state index < -0.39 is 0 Å². The average Bonchev–Trinajstić information content (AvgIpc) is 2.89. The fourth-order valence-electron chi connectivity index (χ4n) is 4.04. The van der Waals surface area contributed by atoms with Gasteiger partial charge in [0.05, 0.1) is 5.72 Å². The molecule has 1 aliphatic carbocycles. The van der Waals surface area contributed by atoms with Gasteiger partial charge in [0, 0.05) is 12.6 Å². The number of imidazole rings is 1. The molecule has 1 N–H and O–H groups in total. The number of pyridine rings is 1. The third-order valence-corrected chi connectivity index (χ3v) is 5.33. The van der Waals surface area contributed by atoms with Gasteiger partial charge >= 0.3 is 0 Å². The molecular formula is C20H22BN3O. The Labute approximate surface area is 148 Å².